The second-order valence-electron chi connectivity index (χ2n) is 5.62. The van der Waals surface area contributed by atoms with Crippen LogP contribution in [0.25, 0.3) is 11.8 Å². The highest BCUT2D eigenvalue weighted by Gasteiger charge is 2.13. The van der Waals surface area contributed by atoms with Gasteiger partial charge in [0.15, 0.2) is 0 Å². The van der Waals surface area contributed by atoms with E-state index < -0.39 is 5.97 Å². The number of benzene rings is 1. The van der Waals surface area contributed by atoms with Crippen molar-refractivity contribution < 1.29 is 14.3 Å². The Morgan fingerprint density at radius 1 is 1.23 bits per heavy atom. The van der Waals surface area contributed by atoms with E-state index in [1.807, 2.05) is 48.7 Å². The monoisotopic (exact) mass is 388 g/mol. The second-order valence-corrected chi connectivity index (χ2v) is 7.05. The van der Waals surface area contributed by atoms with Gasteiger partial charge in [0.05, 0.1) is 5.97 Å². The summed E-state index contributed by atoms with van der Waals surface area (Å²) in [6, 6.07) is 9.35. The third-order valence-electron chi connectivity index (χ3n) is 3.75. The minimum absolute atomic E-state index is 0.00925. The van der Waals surface area contributed by atoms with Crippen molar-refractivity contribution in [3.8, 4) is 5.69 Å². The standard InChI is InChI=1S/C18H16ClN3O3S/c1-10-8-13(11(2)22(10)15-6-4-14(19)5-7-15)9-16(17(23)24)26-18-21-20-12(3)25-18/h4-9H,1-3H3,(H,23,24)/p-1/b16-9-. The Morgan fingerprint density at radius 3 is 2.50 bits per heavy atom. The molecule has 8 heteroatoms. The van der Waals surface area contributed by atoms with E-state index in [4.69, 9.17) is 16.0 Å². The van der Waals surface area contributed by atoms with Crippen molar-refractivity contribution in [2.24, 2.45) is 0 Å². The van der Waals surface area contributed by atoms with Gasteiger partial charge in [-0.3, -0.25) is 0 Å². The van der Waals surface area contributed by atoms with Crippen LogP contribution < -0.4 is 5.11 Å². The summed E-state index contributed by atoms with van der Waals surface area (Å²) in [4.78, 5) is 11.5. The van der Waals surface area contributed by atoms with Crippen molar-refractivity contribution in [1.82, 2.24) is 14.8 Å². The third kappa shape index (κ3) is 3.84. The van der Waals surface area contributed by atoms with Gasteiger partial charge in [-0.2, -0.15) is 0 Å². The molecule has 0 radical (unpaired) electrons. The summed E-state index contributed by atoms with van der Waals surface area (Å²) in [5.74, 6) is -0.937. The summed E-state index contributed by atoms with van der Waals surface area (Å²) in [5.41, 5.74) is 3.57. The summed E-state index contributed by atoms with van der Waals surface area (Å²) in [5, 5.41) is 19.8. The number of carboxylic acids is 1. The van der Waals surface area contributed by atoms with Gasteiger partial charge in [-0.05, 0) is 67.6 Å². The first kappa shape index (κ1) is 18.3. The first-order valence-electron chi connectivity index (χ1n) is 7.71. The summed E-state index contributed by atoms with van der Waals surface area (Å²) >= 11 is 6.82. The van der Waals surface area contributed by atoms with Crippen LogP contribution in [0.5, 0.6) is 0 Å². The molecule has 2 heterocycles. The number of hydrogen-bond donors (Lipinski definition) is 0. The molecule has 0 amide bonds. The van der Waals surface area contributed by atoms with E-state index in [-0.39, 0.29) is 10.1 Å². The minimum atomic E-state index is -1.30. The number of hydrogen-bond acceptors (Lipinski definition) is 6. The number of aromatic nitrogens is 3. The molecule has 0 atom stereocenters. The molecule has 0 bridgehead atoms. The number of carboxylic acid groups (broad SMARTS) is 1. The zero-order chi connectivity index (χ0) is 18.8. The normalized spacial score (nSPS) is 11.8. The number of halogens is 1. The van der Waals surface area contributed by atoms with Gasteiger partial charge in [0, 0.05) is 33.9 Å². The molecular weight excluding hydrogens is 374 g/mol. The number of nitrogens with zero attached hydrogens (tertiary/aromatic N) is 3. The number of carbonyl (C=O) groups is 1. The molecule has 3 rings (SSSR count). The van der Waals surface area contributed by atoms with Crippen LogP contribution in [0, 0.1) is 20.8 Å². The Labute approximate surface area is 159 Å². The molecule has 0 aliphatic heterocycles. The zero-order valence-corrected chi connectivity index (χ0v) is 15.9. The Kier molecular flexibility index (Phi) is 5.20. The molecule has 0 spiro atoms. The average molecular weight is 389 g/mol. The highest BCUT2D eigenvalue weighted by atomic mass is 35.5. The predicted molar refractivity (Wildman–Crippen MR) is 98.1 cm³/mol. The lowest BCUT2D eigenvalue weighted by molar-refractivity contribution is -0.298. The fourth-order valence-electron chi connectivity index (χ4n) is 2.61. The van der Waals surface area contributed by atoms with Crippen LogP contribution in [0.3, 0.4) is 0 Å². The van der Waals surface area contributed by atoms with Crippen LogP contribution in [-0.2, 0) is 4.79 Å². The minimum Gasteiger partial charge on any atom is -0.544 e. The maximum Gasteiger partial charge on any atom is 0.281 e. The van der Waals surface area contributed by atoms with Crippen molar-refractivity contribution in [2.45, 2.75) is 26.0 Å². The fraction of sp³-hybridized carbons (Fsp3) is 0.167. The Balaban J connectivity index is 1.99. The maximum atomic E-state index is 11.5. The van der Waals surface area contributed by atoms with Gasteiger partial charge in [-0.25, -0.2) is 0 Å². The Morgan fingerprint density at radius 2 is 1.92 bits per heavy atom. The van der Waals surface area contributed by atoms with E-state index >= 15 is 0 Å². The molecule has 0 fully saturated rings. The van der Waals surface area contributed by atoms with Crippen LogP contribution in [-0.4, -0.2) is 20.7 Å². The van der Waals surface area contributed by atoms with Crippen LogP contribution in [0.15, 0.2) is 44.9 Å². The molecule has 0 N–H and O–H groups in total. The second kappa shape index (κ2) is 7.39. The molecule has 134 valence electrons. The Hall–Kier alpha value is -2.51. The number of carbonyl (C=O) groups excluding carboxylic acids is 1. The molecule has 0 unspecified atom stereocenters. The summed E-state index contributed by atoms with van der Waals surface area (Å²) in [6.07, 6.45) is 1.55. The van der Waals surface area contributed by atoms with Crippen molar-refractivity contribution in [2.75, 3.05) is 0 Å². The molecule has 2 aromatic heterocycles. The van der Waals surface area contributed by atoms with E-state index in [0.29, 0.717) is 10.9 Å². The van der Waals surface area contributed by atoms with Crippen molar-refractivity contribution >= 4 is 35.4 Å². The zero-order valence-electron chi connectivity index (χ0n) is 14.3. The number of rotatable bonds is 5. The SMILES string of the molecule is Cc1nnc(S/C(=C\c2cc(C)n(-c3ccc(Cl)cc3)c2C)C(=O)[O-])o1. The highest BCUT2D eigenvalue weighted by Crippen LogP contribution is 2.29. The van der Waals surface area contributed by atoms with Crippen LogP contribution in [0.2, 0.25) is 5.02 Å². The van der Waals surface area contributed by atoms with Gasteiger partial charge in [-0.15, -0.1) is 10.2 Å². The first-order chi connectivity index (χ1) is 12.3. The molecular formula is C18H15ClN3O3S-. The summed E-state index contributed by atoms with van der Waals surface area (Å²) in [7, 11) is 0. The van der Waals surface area contributed by atoms with Gasteiger partial charge in [0.1, 0.15) is 0 Å². The van der Waals surface area contributed by atoms with E-state index in [0.717, 1.165) is 34.4 Å². The maximum absolute atomic E-state index is 11.5. The van der Waals surface area contributed by atoms with E-state index in [9.17, 15) is 9.90 Å². The van der Waals surface area contributed by atoms with Gasteiger partial charge < -0.3 is 18.9 Å². The van der Waals surface area contributed by atoms with Gasteiger partial charge >= 0.3 is 0 Å². The third-order valence-corrected chi connectivity index (χ3v) is 4.84. The number of thioether (sulfide) groups is 1. The molecule has 0 saturated heterocycles. The lowest BCUT2D eigenvalue weighted by atomic mass is 10.2. The molecule has 26 heavy (non-hydrogen) atoms. The van der Waals surface area contributed by atoms with E-state index in [2.05, 4.69) is 10.2 Å². The largest absolute Gasteiger partial charge is 0.544 e. The smallest absolute Gasteiger partial charge is 0.281 e. The van der Waals surface area contributed by atoms with Gasteiger partial charge in [-0.1, -0.05) is 11.6 Å². The molecule has 6 nitrogen and oxygen atoms in total. The Bertz CT molecular complexity index is 990. The van der Waals surface area contributed by atoms with Crippen LogP contribution in [0.4, 0.5) is 0 Å². The molecule has 3 aromatic rings. The van der Waals surface area contributed by atoms with Crippen molar-refractivity contribution in [1.29, 1.82) is 0 Å². The van der Waals surface area contributed by atoms with Crippen molar-refractivity contribution in [3.63, 3.8) is 0 Å². The number of aliphatic carboxylic acids is 1. The molecule has 0 aliphatic carbocycles. The van der Waals surface area contributed by atoms with Crippen LogP contribution in [0.1, 0.15) is 22.8 Å². The fourth-order valence-corrected chi connectivity index (χ4v) is 3.43. The molecule has 0 aliphatic rings. The topological polar surface area (TPSA) is 84.0 Å². The quantitative estimate of drug-likeness (QED) is 0.492. The highest BCUT2D eigenvalue weighted by molar-refractivity contribution is 8.03. The predicted octanol–water partition coefficient (Wildman–Crippen LogP) is 3.32. The van der Waals surface area contributed by atoms with E-state index in [1.54, 1.807) is 13.0 Å². The molecule has 1 aromatic carbocycles. The first-order valence-corrected chi connectivity index (χ1v) is 8.90. The molecule has 0 saturated carbocycles. The number of aryl methyl sites for hydroxylation is 2. The van der Waals surface area contributed by atoms with Gasteiger partial charge in [0.2, 0.25) is 5.89 Å². The summed E-state index contributed by atoms with van der Waals surface area (Å²) < 4.78 is 7.26. The lowest BCUT2D eigenvalue weighted by Crippen LogP contribution is -2.23. The lowest BCUT2D eigenvalue weighted by Gasteiger charge is -2.10. The average Bonchev–Trinajstić information content (AvgIpc) is 3.11. The van der Waals surface area contributed by atoms with Crippen LogP contribution >= 0.6 is 23.4 Å². The van der Waals surface area contributed by atoms with E-state index in [1.165, 1.54) is 0 Å². The summed E-state index contributed by atoms with van der Waals surface area (Å²) in [6.45, 7) is 5.51. The van der Waals surface area contributed by atoms with Gasteiger partial charge in [0.25, 0.3) is 5.22 Å². The van der Waals surface area contributed by atoms with Crippen molar-refractivity contribution in [3.05, 3.63) is 63.1 Å².